The van der Waals surface area contributed by atoms with Crippen molar-refractivity contribution in [2.24, 2.45) is 11.5 Å². The zero-order valence-corrected chi connectivity index (χ0v) is 19.1. The third-order valence-electron chi connectivity index (χ3n) is 5.78. The van der Waals surface area contributed by atoms with Crippen molar-refractivity contribution < 1.29 is 28.6 Å². The van der Waals surface area contributed by atoms with E-state index in [-0.39, 0.29) is 26.2 Å². The number of aliphatic hydroxyl groups is 1. The SMILES string of the molecule is NCc1ccc(CC(=O)O)c(OCc2cc(-c3cccc(CN)c3F)c3oc(CCO)cc3c2)c1. The van der Waals surface area contributed by atoms with Crippen LogP contribution in [0.15, 0.2) is 59.0 Å². The summed E-state index contributed by atoms with van der Waals surface area (Å²) < 4.78 is 27.2. The Labute approximate surface area is 201 Å². The number of rotatable bonds is 10. The number of carbonyl (C=O) groups is 1. The number of carboxylic acid groups (broad SMARTS) is 1. The summed E-state index contributed by atoms with van der Waals surface area (Å²) in [7, 11) is 0. The van der Waals surface area contributed by atoms with Gasteiger partial charge < -0.3 is 30.8 Å². The molecule has 182 valence electrons. The third-order valence-corrected chi connectivity index (χ3v) is 5.78. The molecule has 1 heterocycles. The number of furan rings is 1. The molecule has 0 aliphatic carbocycles. The van der Waals surface area contributed by atoms with E-state index in [1.165, 1.54) is 0 Å². The quantitative estimate of drug-likeness (QED) is 0.272. The molecule has 1 aromatic heterocycles. The van der Waals surface area contributed by atoms with Gasteiger partial charge in [0, 0.05) is 47.2 Å². The van der Waals surface area contributed by atoms with Gasteiger partial charge in [0.1, 0.15) is 29.5 Å². The molecule has 0 saturated carbocycles. The van der Waals surface area contributed by atoms with Crippen molar-refractivity contribution in [2.75, 3.05) is 6.61 Å². The Kier molecular flexibility index (Phi) is 7.45. The number of hydrogen-bond donors (Lipinski definition) is 4. The molecule has 0 unspecified atom stereocenters. The van der Waals surface area contributed by atoms with Crippen molar-refractivity contribution in [1.29, 1.82) is 0 Å². The van der Waals surface area contributed by atoms with Crippen LogP contribution in [0, 0.1) is 5.82 Å². The topological polar surface area (TPSA) is 132 Å². The first-order valence-electron chi connectivity index (χ1n) is 11.2. The van der Waals surface area contributed by atoms with Crippen LogP contribution in [0.2, 0.25) is 0 Å². The van der Waals surface area contributed by atoms with Crippen LogP contribution in [0.25, 0.3) is 22.1 Å². The highest BCUT2D eigenvalue weighted by molar-refractivity contribution is 5.94. The van der Waals surface area contributed by atoms with Gasteiger partial charge in [-0.2, -0.15) is 0 Å². The van der Waals surface area contributed by atoms with Crippen LogP contribution in [0.1, 0.15) is 28.0 Å². The average Bonchev–Trinajstić information content (AvgIpc) is 3.25. The summed E-state index contributed by atoms with van der Waals surface area (Å²) >= 11 is 0. The summed E-state index contributed by atoms with van der Waals surface area (Å²) in [5.74, 6) is -0.379. The monoisotopic (exact) mass is 478 g/mol. The largest absolute Gasteiger partial charge is 0.489 e. The summed E-state index contributed by atoms with van der Waals surface area (Å²) in [6.45, 7) is 0.386. The van der Waals surface area contributed by atoms with Crippen molar-refractivity contribution in [2.45, 2.75) is 32.5 Å². The maximum atomic E-state index is 15.2. The van der Waals surface area contributed by atoms with Gasteiger partial charge in [0.05, 0.1) is 13.0 Å². The van der Waals surface area contributed by atoms with E-state index in [0.717, 1.165) is 16.5 Å². The van der Waals surface area contributed by atoms with E-state index in [2.05, 4.69) is 0 Å². The Morgan fingerprint density at radius 2 is 1.80 bits per heavy atom. The van der Waals surface area contributed by atoms with Gasteiger partial charge in [-0.15, -0.1) is 0 Å². The predicted molar refractivity (Wildman–Crippen MR) is 130 cm³/mol. The van der Waals surface area contributed by atoms with E-state index in [0.29, 0.717) is 52.3 Å². The molecule has 0 fully saturated rings. The first-order valence-corrected chi connectivity index (χ1v) is 11.2. The van der Waals surface area contributed by atoms with E-state index < -0.39 is 11.8 Å². The summed E-state index contributed by atoms with van der Waals surface area (Å²) in [5, 5.41) is 19.3. The minimum Gasteiger partial charge on any atom is -0.489 e. The van der Waals surface area contributed by atoms with Crippen LogP contribution in [0.3, 0.4) is 0 Å². The molecule has 0 atom stereocenters. The number of ether oxygens (including phenoxy) is 1. The number of fused-ring (bicyclic) bond motifs is 1. The predicted octanol–water partition coefficient (Wildman–Crippen LogP) is 3.90. The lowest BCUT2D eigenvalue weighted by Gasteiger charge is -2.14. The standard InChI is InChI=1S/C27H27FN2O5/c28-26-19(14-30)2-1-3-22(26)23-9-17(8-20-11-21(6-7-31)35-27(20)23)15-34-24-10-16(13-29)4-5-18(24)12-25(32)33/h1-5,8-11,31H,6-7,12-15,29-30H2,(H,32,33). The van der Waals surface area contributed by atoms with Crippen molar-refractivity contribution in [3.8, 4) is 16.9 Å². The van der Waals surface area contributed by atoms with Gasteiger partial charge in [-0.1, -0.05) is 30.3 Å². The summed E-state index contributed by atoms with van der Waals surface area (Å²) in [6.07, 6.45) is 0.142. The Bertz CT molecular complexity index is 1370. The summed E-state index contributed by atoms with van der Waals surface area (Å²) in [5.41, 5.74) is 15.3. The van der Waals surface area contributed by atoms with Crippen molar-refractivity contribution >= 4 is 16.9 Å². The second-order valence-corrected chi connectivity index (χ2v) is 8.24. The Balaban J connectivity index is 1.76. The van der Waals surface area contributed by atoms with E-state index in [1.807, 2.05) is 12.1 Å². The molecule has 0 bridgehead atoms. The Morgan fingerprint density at radius 1 is 0.971 bits per heavy atom. The number of aliphatic hydroxyl groups excluding tert-OH is 1. The molecule has 3 aromatic carbocycles. The molecule has 0 aliphatic rings. The minimum atomic E-state index is -0.968. The van der Waals surface area contributed by atoms with Gasteiger partial charge in [0.15, 0.2) is 0 Å². The smallest absolute Gasteiger partial charge is 0.307 e. The average molecular weight is 479 g/mol. The number of benzene rings is 3. The molecule has 6 N–H and O–H groups in total. The molecule has 0 spiro atoms. The molecule has 35 heavy (non-hydrogen) atoms. The normalized spacial score (nSPS) is 11.2. The molecule has 8 heteroatoms. The first kappa shape index (κ1) is 24.4. The van der Waals surface area contributed by atoms with Crippen molar-refractivity contribution in [3.05, 3.63) is 88.4 Å². The highest BCUT2D eigenvalue weighted by atomic mass is 19.1. The van der Waals surface area contributed by atoms with Gasteiger partial charge in [-0.25, -0.2) is 4.39 Å². The van der Waals surface area contributed by atoms with Gasteiger partial charge in [0.25, 0.3) is 0 Å². The fourth-order valence-corrected chi connectivity index (χ4v) is 4.06. The molecule has 0 amide bonds. The highest BCUT2D eigenvalue weighted by Crippen LogP contribution is 2.35. The van der Waals surface area contributed by atoms with Gasteiger partial charge >= 0.3 is 5.97 Å². The number of nitrogens with two attached hydrogens (primary N) is 2. The first-order chi connectivity index (χ1) is 16.9. The Hall–Kier alpha value is -3.72. The fourth-order valence-electron chi connectivity index (χ4n) is 4.06. The molecular formula is C27H27FN2O5. The summed E-state index contributed by atoms with van der Waals surface area (Å²) in [6, 6.07) is 15.7. The number of hydrogen-bond acceptors (Lipinski definition) is 6. The van der Waals surface area contributed by atoms with E-state index >= 15 is 4.39 Å². The van der Waals surface area contributed by atoms with Crippen LogP contribution in [0.5, 0.6) is 5.75 Å². The molecular weight excluding hydrogens is 451 g/mol. The lowest BCUT2D eigenvalue weighted by Crippen LogP contribution is -2.06. The van der Waals surface area contributed by atoms with Crippen molar-refractivity contribution in [1.82, 2.24) is 0 Å². The second kappa shape index (κ2) is 10.7. The zero-order chi connectivity index (χ0) is 24.9. The van der Waals surface area contributed by atoms with E-state index in [9.17, 15) is 15.0 Å². The van der Waals surface area contributed by atoms with Crippen LogP contribution in [-0.2, 0) is 37.3 Å². The maximum Gasteiger partial charge on any atom is 0.307 e. The van der Waals surface area contributed by atoms with Crippen LogP contribution in [-0.4, -0.2) is 22.8 Å². The fraction of sp³-hybridized carbons (Fsp3) is 0.222. The van der Waals surface area contributed by atoms with Crippen molar-refractivity contribution in [3.63, 3.8) is 0 Å². The van der Waals surface area contributed by atoms with Crippen LogP contribution < -0.4 is 16.2 Å². The number of aliphatic carboxylic acids is 1. The van der Waals surface area contributed by atoms with Crippen LogP contribution >= 0.6 is 0 Å². The molecule has 0 aliphatic heterocycles. The zero-order valence-electron chi connectivity index (χ0n) is 19.1. The van der Waals surface area contributed by atoms with Gasteiger partial charge in [-0.05, 0) is 35.4 Å². The molecule has 7 nitrogen and oxygen atoms in total. The molecule has 0 saturated heterocycles. The molecule has 4 aromatic rings. The second-order valence-electron chi connectivity index (χ2n) is 8.24. The number of halogens is 1. The summed E-state index contributed by atoms with van der Waals surface area (Å²) in [4.78, 5) is 11.3. The lowest BCUT2D eigenvalue weighted by molar-refractivity contribution is -0.136. The minimum absolute atomic E-state index is 0.0589. The van der Waals surface area contributed by atoms with Crippen LogP contribution in [0.4, 0.5) is 4.39 Å². The van der Waals surface area contributed by atoms with E-state index in [4.69, 9.17) is 20.6 Å². The highest BCUT2D eigenvalue weighted by Gasteiger charge is 2.17. The molecule has 0 radical (unpaired) electrons. The maximum absolute atomic E-state index is 15.2. The number of carboxylic acids is 1. The lowest BCUT2D eigenvalue weighted by atomic mass is 9.98. The molecule has 4 rings (SSSR count). The van der Waals surface area contributed by atoms with Gasteiger partial charge in [-0.3, -0.25) is 4.79 Å². The third kappa shape index (κ3) is 5.35. The Morgan fingerprint density at radius 3 is 2.51 bits per heavy atom. The van der Waals surface area contributed by atoms with Gasteiger partial charge in [0.2, 0.25) is 0 Å². The van der Waals surface area contributed by atoms with E-state index in [1.54, 1.807) is 42.5 Å².